The molecule has 0 spiro atoms. The highest BCUT2D eigenvalue weighted by Crippen LogP contribution is 2.33. The van der Waals surface area contributed by atoms with Crippen LogP contribution < -0.4 is 25.8 Å². The van der Waals surface area contributed by atoms with Crippen LogP contribution in [-0.4, -0.2) is 30.2 Å². The standard InChI is InChI=1S/C16H23N5O2/c1-5-10(2)20-15-14(17)16(19-9-18-15)21-12-7-6-11(22-3)8-13(12)23-4/h6-10H,5,17H2,1-4H3,(H2,18,19,20,21). The molecule has 0 fully saturated rings. The molecule has 0 bridgehead atoms. The molecule has 0 radical (unpaired) electrons. The molecular weight excluding hydrogens is 294 g/mol. The fraction of sp³-hybridized carbons (Fsp3) is 0.375. The van der Waals surface area contributed by atoms with Crippen molar-refractivity contribution in [3.63, 3.8) is 0 Å². The zero-order valence-electron chi connectivity index (χ0n) is 13.9. The number of nitrogens with zero attached hydrogens (tertiary/aromatic N) is 2. The largest absolute Gasteiger partial charge is 0.497 e. The number of nitrogens with one attached hydrogen (secondary N) is 2. The molecule has 0 aliphatic rings. The zero-order valence-corrected chi connectivity index (χ0v) is 13.9. The van der Waals surface area contributed by atoms with Crippen LogP contribution >= 0.6 is 0 Å². The quantitative estimate of drug-likeness (QED) is 0.722. The highest BCUT2D eigenvalue weighted by molar-refractivity contribution is 5.79. The lowest BCUT2D eigenvalue weighted by Crippen LogP contribution is -2.16. The Morgan fingerprint density at radius 3 is 2.57 bits per heavy atom. The molecule has 1 unspecified atom stereocenters. The van der Waals surface area contributed by atoms with Crippen LogP contribution in [-0.2, 0) is 0 Å². The van der Waals surface area contributed by atoms with E-state index in [9.17, 15) is 0 Å². The van der Waals surface area contributed by atoms with Crippen LogP contribution in [0, 0.1) is 0 Å². The third-order valence-electron chi connectivity index (χ3n) is 3.54. The Morgan fingerprint density at radius 2 is 1.91 bits per heavy atom. The first-order valence-corrected chi connectivity index (χ1v) is 7.45. The molecule has 124 valence electrons. The first kappa shape index (κ1) is 16.7. The normalized spacial score (nSPS) is 11.7. The van der Waals surface area contributed by atoms with Gasteiger partial charge in [-0.15, -0.1) is 0 Å². The van der Waals surface area contributed by atoms with Crippen LogP contribution in [0.4, 0.5) is 23.0 Å². The van der Waals surface area contributed by atoms with Crippen molar-refractivity contribution in [2.24, 2.45) is 0 Å². The number of benzene rings is 1. The van der Waals surface area contributed by atoms with E-state index in [-0.39, 0.29) is 6.04 Å². The molecule has 7 nitrogen and oxygen atoms in total. The minimum Gasteiger partial charge on any atom is -0.497 e. The van der Waals surface area contributed by atoms with Gasteiger partial charge in [0.05, 0.1) is 19.9 Å². The second-order valence-electron chi connectivity index (χ2n) is 5.13. The van der Waals surface area contributed by atoms with Crippen LogP contribution in [0.5, 0.6) is 11.5 Å². The summed E-state index contributed by atoms with van der Waals surface area (Å²) in [6, 6.07) is 5.75. The molecule has 1 aromatic carbocycles. The molecule has 2 rings (SSSR count). The Kier molecular flexibility index (Phi) is 5.46. The SMILES string of the molecule is CCC(C)Nc1ncnc(Nc2ccc(OC)cc2OC)c1N. The summed E-state index contributed by atoms with van der Waals surface area (Å²) in [7, 11) is 3.20. The summed E-state index contributed by atoms with van der Waals surface area (Å²) in [5.41, 5.74) is 7.37. The molecule has 0 saturated heterocycles. The van der Waals surface area contributed by atoms with Gasteiger partial charge in [-0.05, 0) is 25.5 Å². The molecule has 0 amide bonds. The van der Waals surface area contributed by atoms with Gasteiger partial charge >= 0.3 is 0 Å². The van der Waals surface area contributed by atoms with Gasteiger partial charge in [-0.3, -0.25) is 0 Å². The maximum atomic E-state index is 6.17. The van der Waals surface area contributed by atoms with E-state index in [1.807, 2.05) is 12.1 Å². The molecule has 4 N–H and O–H groups in total. The van der Waals surface area contributed by atoms with Gasteiger partial charge in [-0.1, -0.05) is 6.92 Å². The number of anilines is 4. The van der Waals surface area contributed by atoms with Gasteiger partial charge in [0.2, 0.25) is 0 Å². The van der Waals surface area contributed by atoms with Gasteiger partial charge in [0.1, 0.15) is 23.5 Å². The lowest BCUT2D eigenvalue weighted by atomic mass is 10.2. The Hall–Kier alpha value is -2.70. The van der Waals surface area contributed by atoms with E-state index < -0.39 is 0 Å². The number of hydrogen-bond acceptors (Lipinski definition) is 7. The van der Waals surface area contributed by atoms with Gasteiger partial charge in [-0.2, -0.15) is 0 Å². The highest BCUT2D eigenvalue weighted by Gasteiger charge is 2.12. The van der Waals surface area contributed by atoms with Gasteiger partial charge < -0.3 is 25.8 Å². The maximum Gasteiger partial charge on any atom is 0.159 e. The Bertz CT molecular complexity index is 663. The summed E-state index contributed by atoms with van der Waals surface area (Å²) in [5.74, 6) is 2.49. The van der Waals surface area contributed by atoms with Crippen molar-refractivity contribution >= 4 is 23.0 Å². The second-order valence-corrected chi connectivity index (χ2v) is 5.13. The van der Waals surface area contributed by atoms with E-state index in [1.165, 1.54) is 6.33 Å². The van der Waals surface area contributed by atoms with Crippen LogP contribution in [0.3, 0.4) is 0 Å². The molecule has 0 aliphatic heterocycles. The third-order valence-corrected chi connectivity index (χ3v) is 3.54. The summed E-state index contributed by atoms with van der Waals surface area (Å²) in [4.78, 5) is 8.41. The van der Waals surface area contributed by atoms with E-state index in [1.54, 1.807) is 20.3 Å². The van der Waals surface area contributed by atoms with Crippen LogP contribution in [0.25, 0.3) is 0 Å². The van der Waals surface area contributed by atoms with Crippen molar-refractivity contribution in [1.82, 2.24) is 9.97 Å². The predicted molar refractivity (Wildman–Crippen MR) is 92.6 cm³/mol. The lowest BCUT2D eigenvalue weighted by Gasteiger charge is -2.17. The van der Waals surface area contributed by atoms with Crippen LogP contribution in [0.15, 0.2) is 24.5 Å². The topological polar surface area (TPSA) is 94.3 Å². The molecular formula is C16H23N5O2. The Morgan fingerprint density at radius 1 is 1.17 bits per heavy atom. The van der Waals surface area contributed by atoms with Crippen LogP contribution in [0.1, 0.15) is 20.3 Å². The number of rotatable bonds is 7. The molecule has 2 aromatic rings. The number of methoxy groups -OCH3 is 2. The molecule has 7 heteroatoms. The maximum absolute atomic E-state index is 6.17. The Labute approximate surface area is 136 Å². The van der Waals surface area contributed by atoms with E-state index >= 15 is 0 Å². The first-order chi connectivity index (χ1) is 11.1. The molecule has 0 aliphatic carbocycles. The number of ether oxygens (including phenoxy) is 2. The summed E-state index contributed by atoms with van der Waals surface area (Å²) < 4.78 is 10.6. The van der Waals surface area contributed by atoms with Crippen LogP contribution in [0.2, 0.25) is 0 Å². The minimum atomic E-state index is 0.274. The molecule has 1 aromatic heterocycles. The van der Waals surface area contributed by atoms with E-state index in [2.05, 4.69) is 34.4 Å². The summed E-state index contributed by atoms with van der Waals surface area (Å²) in [5, 5.41) is 6.44. The fourth-order valence-electron chi connectivity index (χ4n) is 1.98. The van der Waals surface area contributed by atoms with Crippen molar-refractivity contribution in [3.8, 4) is 11.5 Å². The molecule has 1 heterocycles. The minimum absolute atomic E-state index is 0.274. The van der Waals surface area contributed by atoms with Gasteiger partial charge in [0.25, 0.3) is 0 Å². The highest BCUT2D eigenvalue weighted by atomic mass is 16.5. The third kappa shape index (κ3) is 3.94. The first-order valence-electron chi connectivity index (χ1n) is 7.45. The van der Waals surface area contributed by atoms with Crippen molar-refractivity contribution in [2.45, 2.75) is 26.3 Å². The summed E-state index contributed by atoms with van der Waals surface area (Å²) >= 11 is 0. The molecule has 1 atom stereocenters. The summed E-state index contributed by atoms with van der Waals surface area (Å²) in [6.45, 7) is 4.16. The fourth-order valence-corrected chi connectivity index (χ4v) is 1.98. The number of aromatic nitrogens is 2. The lowest BCUT2D eigenvalue weighted by molar-refractivity contribution is 0.395. The average Bonchev–Trinajstić information content (AvgIpc) is 2.58. The Balaban J connectivity index is 2.28. The van der Waals surface area contributed by atoms with Gasteiger partial charge in [0, 0.05) is 12.1 Å². The van der Waals surface area contributed by atoms with Gasteiger partial charge in [-0.25, -0.2) is 9.97 Å². The molecule has 23 heavy (non-hydrogen) atoms. The van der Waals surface area contributed by atoms with E-state index in [0.717, 1.165) is 12.1 Å². The number of hydrogen-bond donors (Lipinski definition) is 3. The second kappa shape index (κ2) is 7.53. The molecule has 0 saturated carbocycles. The smallest absolute Gasteiger partial charge is 0.159 e. The zero-order chi connectivity index (χ0) is 16.8. The van der Waals surface area contributed by atoms with Crippen molar-refractivity contribution in [1.29, 1.82) is 0 Å². The van der Waals surface area contributed by atoms with Crippen molar-refractivity contribution in [3.05, 3.63) is 24.5 Å². The average molecular weight is 317 g/mol. The summed E-state index contributed by atoms with van der Waals surface area (Å²) in [6.07, 6.45) is 2.44. The monoisotopic (exact) mass is 317 g/mol. The van der Waals surface area contributed by atoms with Crippen molar-refractivity contribution in [2.75, 3.05) is 30.6 Å². The van der Waals surface area contributed by atoms with E-state index in [4.69, 9.17) is 15.2 Å². The van der Waals surface area contributed by atoms with Gasteiger partial charge in [0.15, 0.2) is 11.6 Å². The van der Waals surface area contributed by atoms with E-state index in [0.29, 0.717) is 28.8 Å². The predicted octanol–water partition coefficient (Wildman–Crippen LogP) is 3.03. The van der Waals surface area contributed by atoms with Crippen molar-refractivity contribution < 1.29 is 9.47 Å². The number of nitrogens with two attached hydrogens (primary N) is 1. The number of nitrogen functional groups attached to an aromatic ring is 1.